The summed E-state index contributed by atoms with van der Waals surface area (Å²) in [7, 11) is 2.90. The van der Waals surface area contributed by atoms with Gasteiger partial charge in [0, 0.05) is 31.3 Å². The number of rotatable bonds is 7. The van der Waals surface area contributed by atoms with Gasteiger partial charge in [-0.2, -0.15) is 0 Å². The molecule has 12 nitrogen and oxygen atoms in total. The van der Waals surface area contributed by atoms with E-state index in [1.165, 1.54) is 33.3 Å². The molecule has 0 aromatic carbocycles. The van der Waals surface area contributed by atoms with Gasteiger partial charge in [-0.25, -0.2) is 4.79 Å². The lowest BCUT2D eigenvalue weighted by Crippen LogP contribution is -2.38. The van der Waals surface area contributed by atoms with Crippen molar-refractivity contribution >= 4 is 23.6 Å². The third-order valence-corrected chi connectivity index (χ3v) is 7.43. The molecule has 2 aliphatic rings. The van der Waals surface area contributed by atoms with Gasteiger partial charge in [-0.15, -0.1) is 0 Å². The number of hydrogen-bond acceptors (Lipinski definition) is 10. The summed E-state index contributed by atoms with van der Waals surface area (Å²) in [6.45, 7) is 10.5. The molecule has 44 heavy (non-hydrogen) atoms. The lowest BCUT2D eigenvalue weighted by molar-refractivity contribution is -0.123. The maximum atomic E-state index is 13.9. The summed E-state index contributed by atoms with van der Waals surface area (Å²) >= 11 is 0. The van der Waals surface area contributed by atoms with Crippen molar-refractivity contribution in [3.8, 4) is 0 Å². The van der Waals surface area contributed by atoms with Crippen LogP contribution in [-0.2, 0) is 38.1 Å². The second kappa shape index (κ2) is 16.9. The molecule has 4 N–H and O–H groups in total. The highest BCUT2D eigenvalue weighted by atomic mass is 16.6. The molecule has 1 aliphatic heterocycles. The highest BCUT2D eigenvalue weighted by Crippen LogP contribution is 2.32. The summed E-state index contributed by atoms with van der Waals surface area (Å²) in [5.41, 5.74) is 5.96. The van der Waals surface area contributed by atoms with Crippen molar-refractivity contribution in [1.82, 2.24) is 5.32 Å². The Morgan fingerprint density at radius 3 is 2.23 bits per heavy atom. The van der Waals surface area contributed by atoms with Gasteiger partial charge in [-0.1, -0.05) is 38.2 Å². The third-order valence-electron chi connectivity index (χ3n) is 7.43. The first-order valence-electron chi connectivity index (χ1n) is 14.7. The number of allylic oxidation sites excluding steroid dienone is 3. The molecular formula is C32H46N2O10. The Hall–Kier alpha value is -3.74. The standard InChI is InChI=1S/C32H46N2O10/c1-9-42-29-21-14-17(3)15-23(41-8)25(35)19(5)16-20(6)28(44-32(33)39)22(40-7)13-11-12-18(4)31(38)34-24(26(21)36)30(27(29)37)43-10-2/h11-13,16-17,19,22-23,25,28,35H,9-10,14-15H2,1-8H3,(H2,33,39)(H,34,38)/b13-11-,18-12+,20-16+/t17-,19+,22+,23+,25-,28+/m1/s1. The zero-order valence-electron chi connectivity index (χ0n) is 26.8. The smallest absolute Gasteiger partial charge is 0.405 e. The number of nitrogens with one attached hydrogen (secondary N) is 1. The predicted octanol–water partition coefficient (Wildman–Crippen LogP) is 3.16. The zero-order valence-corrected chi connectivity index (χ0v) is 26.8. The average molecular weight is 619 g/mol. The van der Waals surface area contributed by atoms with Crippen molar-refractivity contribution in [2.45, 2.75) is 78.8 Å². The Morgan fingerprint density at radius 1 is 1.02 bits per heavy atom. The Bertz CT molecular complexity index is 1250. The van der Waals surface area contributed by atoms with Crippen LogP contribution in [0, 0.1) is 11.8 Å². The van der Waals surface area contributed by atoms with E-state index in [0.29, 0.717) is 12.0 Å². The van der Waals surface area contributed by atoms with Crippen LogP contribution in [0.2, 0.25) is 0 Å². The van der Waals surface area contributed by atoms with Crippen LogP contribution in [0.1, 0.15) is 54.4 Å². The van der Waals surface area contributed by atoms with Crippen molar-refractivity contribution in [3.05, 3.63) is 58.2 Å². The molecule has 0 saturated heterocycles. The molecule has 6 atom stereocenters. The number of methoxy groups -OCH3 is 2. The van der Waals surface area contributed by atoms with E-state index in [4.69, 9.17) is 29.4 Å². The first-order valence-corrected chi connectivity index (χ1v) is 14.7. The second-order valence-corrected chi connectivity index (χ2v) is 10.9. The van der Waals surface area contributed by atoms with E-state index in [1.807, 2.05) is 6.92 Å². The minimum atomic E-state index is -1.01. The number of aliphatic hydroxyl groups excluding tert-OH is 1. The van der Waals surface area contributed by atoms with Gasteiger partial charge in [0.2, 0.25) is 5.78 Å². The largest absolute Gasteiger partial charge is 0.489 e. The fourth-order valence-electron chi connectivity index (χ4n) is 5.18. The molecule has 2 amide bonds. The van der Waals surface area contributed by atoms with E-state index >= 15 is 0 Å². The summed E-state index contributed by atoms with van der Waals surface area (Å²) in [6, 6.07) is 0. The number of fused-ring (bicyclic) bond motifs is 2. The van der Waals surface area contributed by atoms with Crippen molar-refractivity contribution in [2.75, 3.05) is 27.4 Å². The van der Waals surface area contributed by atoms with Gasteiger partial charge in [-0.3, -0.25) is 14.4 Å². The van der Waals surface area contributed by atoms with Crippen LogP contribution >= 0.6 is 0 Å². The number of Topliss-reactive ketones (excluding diaryl/α,β-unsaturated/α-hetero) is 2. The fourth-order valence-corrected chi connectivity index (χ4v) is 5.18. The number of ketones is 2. The summed E-state index contributed by atoms with van der Waals surface area (Å²) < 4.78 is 27.8. The van der Waals surface area contributed by atoms with Crippen LogP contribution in [0.3, 0.4) is 0 Å². The predicted molar refractivity (Wildman–Crippen MR) is 162 cm³/mol. The van der Waals surface area contributed by atoms with Gasteiger partial charge in [0.15, 0.2) is 17.6 Å². The monoisotopic (exact) mass is 618 g/mol. The van der Waals surface area contributed by atoms with Gasteiger partial charge in [0.25, 0.3) is 11.7 Å². The summed E-state index contributed by atoms with van der Waals surface area (Å²) in [5.74, 6) is -3.02. The first-order chi connectivity index (χ1) is 20.8. The molecule has 1 heterocycles. The highest BCUT2D eigenvalue weighted by Gasteiger charge is 2.39. The summed E-state index contributed by atoms with van der Waals surface area (Å²) in [6.07, 6.45) is 2.37. The maximum absolute atomic E-state index is 13.9. The van der Waals surface area contributed by atoms with Crippen LogP contribution in [0.4, 0.5) is 4.79 Å². The molecule has 2 rings (SSSR count). The summed E-state index contributed by atoms with van der Waals surface area (Å²) in [4.78, 5) is 52.4. The third kappa shape index (κ3) is 9.13. The molecule has 244 valence electrons. The minimum Gasteiger partial charge on any atom is -0.489 e. The number of hydrogen-bond donors (Lipinski definition) is 3. The molecule has 12 heteroatoms. The SMILES string of the molecule is CCOC1=C2C[C@@H](C)C[C@H](OC)[C@H](O)[C@@H](C)/C=C(\C)[C@H](OC(N)=O)[C@@H](OC)/C=C\C=C(/C)C(=O)NC(=C(OCC)C1=O)C2=O. The van der Waals surface area contributed by atoms with E-state index in [1.54, 1.807) is 39.8 Å². The van der Waals surface area contributed by atoms with E-state index in [0.717, 1.165) is 0 Å². The number of primary amides is 1. The van der Waals surface area contributed by atoms with E-state index < -0.39 is 53.9 Å². The molecule has 0 saturated carbocycles. The number of carbonyl (C=O) groups excluding carboxylic acids is 4. The average Bonchev–Trinajstić information content (AvgIpc) is 2.98. The molecule has 0 spiro atoms. The Morgan fingerprint density at radius 2 is 1.66 bits per heavy atom. The van der Waals surface area contributed by atoms with Crippen molar-refractivity contribution in [1.29, 1.82) is 0 Å². The normalized spacial score (nSPS) is 31.0. The molecular weight excluding hydrogens is 572 g/mol. The van der Waals surface area contributed by atoms with Gasteiger partial charge in [0.1, 0.15) is 11.8 Å². The van der Waals surface area contributed by atoms with E-state index in [-0.39, 0.29) is 53.9 Å². The lowest BCUT2D eigenvalue weighted by atomic mass is 9.85. The van der Waals surface area contributed by atoms with Gasteiger partial charge < -0.3 is 39.8 Å². The van der Waals surface area contributed by atoms with Gasteiger partial charge >= 0.3 is 6.09 Å². The van der Waals surface area contributed by atoms with E-state index in [2.05, 4.69) is 5.32 Å². The van der Waals surface area contributed by atoms with Crippen molar-refractivity contribution in [2.24, 2.45) is 17.6 Å². The van der Waals surface area contributed by atoms with Gasteiger partial charge in [0.05, 0.1) is 25.4 Å². The lowest BCUT2D eigenvalue weighted by Gasteiger charge is -2.30. The van der Waals surface area contributed by atoms with Crippen LogP contribution in [0.5, 0.6) is 0 Å². The molecule has 0 aromatic heterocycles. The molecule has 0 radical (unpaired) electrons. The molecule has 2 bridgehead atoms. The maximum Gasteiger partial charge on any atom is 0.405 e. The van der Waals surface area contributed by atoms with Crippen LogP contribution in [0.15, 0.2) is 58.2 Å². The molecule has 1 aliphatic carbocycles. The number of aliphatic hydroxyl groups is 1. The number of amides is 2. The number of nitrogens with two attached hydrogens (primary N) is 1. The first kappa shape index (κ1) is 36.5. The van der Waals surface area contributed by atoms with Gasteiger partial charge in [-0.05, 0) is 52.0 Å². The Kier molecular flexibility index (Phi) is 14.0. The van der Waals surface area contributed by atoms with Crippen molar-refractivity contribution < 1.29 is 48.0 Å². The van der Waals surface area contributed by atoms with Crippen LogP contribution < -0.4 is 11.1 Å². The minimum absolute atomic E-state index is 0.0718. The van der Waals surface area contributed by atoms with Crippen LogP contribution in [0.25, 0.3) is 0 Å². The molecule has 0 aromatic rings. The zero-order chi connectivity index (χ0) is 33.1. The Balaban J connectivity index is 2.72. The second-order valence-electron chi connectivity index (χ2n) is 10.9. The molecule has 0 unspecified atom stereocenters. The van der Waals surface area contributed by atoms with Crippen LogP contribution in [-0.4, -0.2) is 80.5 Å². The summed E-state index contributed by atoms with van der Waals surface area (Å²) in [5, 5.41) is 13.8. The quantitative estimate of drug-likeness (QED) is 0.284. The van der Waals surface area contributed by atoms with Crippen molar-refractivity contribution in [3.63, 3.8) is 0 Å². The molecule has 0 fully saturated rings. The topological polar surface area (TPSA) is 173 Å². The number of ether oxygens (including phenoxy) is 5. The fraction of sp³-hybridized carbons (Fsp3) is 0.562. The Labute approximate surface area is 258 Å². The highest BCUT2D eigenvalue weighted by molar-refractivity contribution is 6.24. The number of carbonyl (C=O) groups is 4. The van der Waals surface area contributed by atoms with E-state index in [9.17, 15) is 24.3 Å².